The summed E-state index contributed by atoms with van der Waals surface area (Å²) in [5.74, 6) is 0.0436. The van der Waals surface area contributed by atoms with E-state index in [0.29, 0.717) is 37.8 Å². The van der Waals surface area contributed by atoms with Gasteiger partial charge in [-0.1, -0.05) is 6.07 Å². The number of aliphatic imine (C=N–C) groups is 1. The van der Waals surface area contributed by atoms with Crippen molar-refractivity contribution >= 4 is 33.1 Å². The summed E-state index contributed by atoms with van der Waals surface area (Å²) >= 11 is 0. The average molecular weight is 555 g/mol. The second kappa shape index (κ2) is 10.3. The molecule has 1 N–H and O–H groups in total. The molecule has 1 saturated heterocycles. The maximum absolute atomic E-state index is 13.5. The second-order valence-electron chi connectivity index (χ2n) is 11.6. The van der Waals surface area contributed by atoms with Gasteiger partial charge in [-0.15, -0.1) is 0 Å². The minimum absolute atomic E-state index is 0.116. The molecule has 2 aromatic rings. The number of benzene rings is 1. The van der Waals surface area contributed by atoms with Gasteiger partial charge in [0.05, 0.1) is 28.4 Å². The number of carbonyl (C=O) groups excluding carboxylic acids is 1. The van der Waals surface area contributed by atoms with E-state index in [9.17, 15) is 17.6 Å². The standard InChI is InChI=1S/C29H35FN4O4S/c1-29(12-13-29)39(36,37)33-28(35)19-3-7-23(8-4-19)38-24-10-14-34(15-11-24)27-9-5-21(18-31-27)25-16-20-2-6-22(30)17-26(20)32-25/h2,5-6,9,17-19,23-24H,3-4,7-8,10-16H2,1H3,(H,33,35). The molecular formula is C29H35FN4O4S. The number of nitrogens with one attached hydrogen (secondary N) is 1. The normalized spacial score (nSPS) is 24.7. The molecule has 2 aliphatic carbocycles. The second-order valence-corrected chi connectivity index (χ2v) is 13.8. The van der Waals surface area contributed by atoms with Crippen LogP contribution in [0.1, 0.15) is 69.4 Å². The van der Waals surface area contributed by atoms with Gasteiger partial charge in [0.2, 0.25) is 15.9 Å². The summed E-state index contributed by atoms with van der Waals surface area (Å²) in [6, 6.07) is 8.80. The van der Waals surface area contributed by atoms with Gasteiger partial charge in [-0.05, 0) is 88.1 Å². The van der Waals surface area contributed by atoms with E-state index in [2.05, 4.69) is 19.6 Å². The van der Waals surface area contributed by atoms with Crippen molar-refractivity contribution in [3.63, 3.8) is 0 Å². The molecule has 0 atom stereocenters. The van der Waals surface area contributed by atoms with Gasteiger partial charge in [-0.2, -0.15) is 0 Å². The number of ether oxygens (including phenoxy) is 1. The summed E-state index contributed by atoms with van der Waals surface area (Å²) in [6.45, 7) is 3.41. The van der Waals surface area contributed by atoms with Crippen molar-refractivity contribution in [2.24, 2.45) is 10.9 Å². The molecule has 3 heterocycles. The Morgan fingerprint density at radius 1 is 1.05 bits per heavy atom. The highest BCUT2D eigenvalue weighted by molar-refractivity contribution is 7.91. The average Bonchev–Trinajstić information content (AvgIpc) is 3.56. The molecule has 4 aliphatic rings. The maximum Gasteiger partial charge on any atom is 0.240 e. The van der Waals surface area contributed by atoms with Gasteiger partial charge in [0.15, 0.2) is 0 Å². The Labute approximate surface area is 229 Å². The van der Waals surface area contributed by atoms with E-state index in [-0.39, 0.29) is 29.9 Å². The lowest BCUT2D eigenvalue weighted by Gasteiger charge is -2.36. The molecule has 0 unspecified atom stereocenters. The number of rotatable bonds is 7. The molecule has 2 saturated carbocycles. The molecule has 10 heteroatoms. The van der Waals surface area contributed by atoms with E-state index < -0.39 is 14.8 Å². The van der Waals surface area contributed by atoms with Crippen molar-refractivity contribution in [2.45, 2.75) is 81.7 Å². The van der Waals surface area contributed by atoms with Crippen molar-refractivity contribution in [3.05, 3.63) is 53.5 Å². The number of anilines is 1. The number of amides is 1. The predicted octanol–water partition coefficient (Wildman–Crippen LogP) is 4.44. The van der Waals surface area contributed by atoms with E-state index in [4.69, 9.17) is 4.74 Å². The largest absolute Gasteiger partial charge is 0.375 e. The van der Waals surface area contributed by atoms with Gasteiger partial charge >= 0.3 is 0 Å². The first kappa shape index (κ1) is 26.4. The first-order chi connectivity index (χ1) is 18.7. The van der Waals surface area contributed by atoms with Gasteiger partial charge in [-0.25, -0.2) is 17.8 Å². The number of pyridine rings is 1. The van der Waals surface area contributed by atoms with E-state index in [1.165, 1.54) is 12.1 Å². The number of hydrogen-bond donors (Lipinski definition) is 1. The van der Waals surface area contributed by atoms with E-state index in [1.54, 1.807) is 13.0 Å². The topological polar surface area (TPSA) is 101 Å². The summed E-state index contributed by atoms with van der Waals surface area (Å²) < 4.78 is 46.2. The van der Waals surface area contributed by atoms with E-state index >= 15 is 0 Å². The predicted molar refractivity (Wildman–Crippen MR) is 147 cm³/mol. The van der Waals surface area contributed by atoms with Crippen molar-refractivity contribution in [1.82, 2.24) is 9.71 Å². The Bertz CT molecular complexity index is 1370. The van der Waals surface area contributed by atoms with E-state index in [0.717, 1.165) is 61.4 Å². The van der Waals surface area contributed by atoms with Gasteiger partial charge < -0.3 is 9.64 Å². The van der Waals surface area contributed by atoms with Gasteiger partial charge in [-0.3, -0.25) is 14.5 Å². The zero-order valence-electron chi connectivity index (χ0n) is 22.2. The highest BCUT2D eigenvalue weighted by Crippen LogP contribution is 2.42. The SMILES string of the molecule is CC1(S(=O)(=O)NC(=O)C2CCC(OC3CCN(c4ccc(C5=Nc6cc(F)ccc6C5)cn4)CC3)CC2)CC1. The van der Waals surface area contributed by atoms with Crippen molar-refractivity contribution in [1.29, 1.82) is 0 Å². The smallest absolute Gasteiger partial charge is 0.240 e. The molecule has 39 heavy (non-hydrogen) atoms. The fourth-order valence-electron chi connectivity index (χ4n) is 5.80. The Balaban J connectivity index is 0.948. The summed E-state index contributed by atoms with van der Waals surface area (Å²) in [5, 5.41) is 0. The van der Waals surface area contributed by atoms with Crippen LogP contribution in [0.5, 0.6) is 0 Å². The monoisotopic (exact) mass is 554 g/mol. The van der Waals surface area contributed by atoms with Crippen LogP contribution in [0.15, 0.2) is 41.5 Å². The van der Waals surface area contributed by atoms with Crippen molar-refractivity contribution in [2.75, 3.05) is 18.0 Å². The van der Waals surface area contributed by atoms with Crippen molar-refractivity contribution < 1.29 is 22.3 Å². The molecule has 208 valence electrons. The number of aromatic nitrogens is 1. The Morgan fingerprint density at radius 3 is 2.44 bits per heavy atom. The van der Waals surface area contributed by atoms with Gasteiger partial charge in [0.25, 0.3) is 0 Å². The Morgan fingerprint density at radius 2 is 1.77 bits per heavy atom. The summed E-state index contributed by atoms with van der Waals surface area (Å²) in [4.78, 5) is 24.1. The summed E-state index contributed by atoms with van der Waals surface area (Å²) in [7, 11) is -3.58. The maximum atomic E-state index is 13.5. The number of fused-ring (bicyclic) bond motifs is 1. The molecule has 0 bridgehead atoms. The quantitative estimate of drug-likeness (QED) is 0.543. The third-order valence-electron chi connectivity index (χ3n) is 8.78. The fourth-order valence-corrected chi connectivity index (χ4v) is 7.12. The number of sulfonamides is 1. The van der Waals surface area contributed by atoms with Crippen LogP contribution in [0.4, 0.5) is 15.9 Å². The van der Waals surface area contributed by atoms with Crippen LogP contribution in [-0.4, -0.2) is 55.1 Å². The zero-order valence-corrected chi connectivity index (χ0v) is 23.1. The Hall–Kier alpha value is -2.85. The number of nitrogens with zero attached hydrogens (tertiary/aromatic N) is 3. The van der Waals surface area contributed by atoms with E-state index in [1.807, 2.05) is 18.3 Å². The molecule has 8 nitrogen and oxygen atoms in total. The number of carbonyl (C=O) groups is 1. The summed E-state index contributed by atoms with van der Waals surface area (Å²) in [6.07, 6.45) is 8.75. The summed E-state index contributed by atoms with van der Waals surface area (Å²) in [5.41, 5.74) is 3.60. The van der Waals surface area contributed by atoms with Crippen LogP contribution in [0, 0.1) is 11.7 Å². The lowest BCUT2D eigenvalue weighted by atomic mass is 9.87. The molecule has 0 radical (unpaired) electrons. The van der Waals surface area contributed by atoms with Crippen LogP contribution < -0.4 is 9.62 Å². The van der Waals surface area contributed by atoms with Crippen LogP contribution in [-0.2, 0) is 26.0 Å². The highest BCUT2D eigenvalue weighted by atomic mass is 32.2. The number of halogens is 1. The molecular weight excluding hydrogens is 519 g/mol. The Kier molecular flexibility index (Phi) is 6.95. The lowest BCUT2D eigenvalue weighted by molar-refractivity contribution is -0.125. The highest BCUT2D eigenvalue weighted by Gasteiger charge is 2.51. The zero-order chi connectivity index (χ0) is 27.2. The van der Waals surface area contributed by atoms with Crippen LogP contribution in [0.3, 0.4) is 0 Å². The molecule has 2 aliphatic heterocycles. The van der Waals surface area contributed by atoms with Crippen LogP contribution >= 0.6 is 0 Å². The van der Waals surface area contributed by atoms with Gasteiger partial charge in [0, 0.05) is 37.2 Å². The first-order valence-electron chi connectivity index (χ1n) is 14.0. The molecule has 1 aromatic heterocycles. The minimum atomic E-state index is -3.58. The van der Waals surface area contributed by atoms with Crippen molar-refractivity contribution in [3.8, 4) is 0 Å². The molecule has 3 fully saturated rings. The molecule has 1 aromatic carbocycles. The van der Waals surface area contributed by atoms with Crippen LogP contribution in [0.25, 0.3) is 0 Å². The van der Waals surface area contributed by atoms with Gasteiger partial charge in [0.1, 0.15) is 11.6 Å². The number of piperidine rings is 1. The minimum Gasteiger partial charge on any atom is -0.375 e. The first-order valence-corrected chi connectivity index (χ1v) is 15.5. The van der Waals surface area contributed by atoms with Crippen LogP contribution in [0.2, 0.25) is 0 Å². The third-order valence-corrected chi connectivity index (χ3v) is 11.0. The molecule has 1 amide bonds. The molecule has 0 spiro atoms. The molecule has 6 rings (SSSR count). The fraction of sp³-hybridized carbons (Fsp3) is 0.552. The number of hydrogen-bond acceptors (Lipinski definition) is 7. The third kappa shape index (κ3) is 5.59. The lowest BCUT2D eigenvalue weighted by Crippen LogP contribution is -2.43.